The van der Waals surface area contributed by atoms with E-state index >= 15 is 0 Å². The highest BCUT2D eigenvalue weighted by atomic mass is 16.5. The smallest absolute Gasteiger partial charge is 0.255 e. The lowest BCUT2D eigenvalue weighted by molar-refractivity contribution is 0.102. The van der Waals surface area contributed by atoms with Crippen LogP contribution in [0.4, 0.5) is 11.4 Å². The van der Waals surface area contributed by atoms with Crippen molar-refractivity contribution in [3.8, 4) is 11.5 Å². The molecule has 3 aromatic carbocycles. The number of methoxy groups -OCH3 is 2. The average Bonchev–Trinajstić information content (AvgIpc) is 3.51. The average molecular weight is 455 g/mol. The zero-order chi connectivity index (χ0) is 23.2. The summed E-state index contributed by atoms with van der Waals surface area (Å²) in [6, 6.07) is 22.7. The van der Waals surface area contributed by atoms with E-state index in [9.17, 15) is 4.79 Å². The molecule has 1 heterocycles. The van der Waals surface area contributed by atoms with Crippen molar-refractivity contribution in [3.05, 3.63) is 83.4 Å². The molecule has 34 heavy (non-hydrogen) atoms. The summed E-state index contributed by atoms with van der Waals surface area (Å²) in [5.74, 6) is 3.66. The summed E-state index contributed by atoms with van der Waals surface area (Å²) in [5, 5.41) is 6.87. The molecular formula is C29H30N2O3. The van der Waals surface area contributed by atoms with E-state index in [0.29, 0.717) is 46.5 Å². The Morgan fingerprint density at radius 2 is 1.76 bits per heavy atom. The molecule has 3 aromatic rings. The first-order valence-corrected chi connectivity index (χ1v) is 12.1. The van der Waals surface area contributed by atoms with E-state index in [-0.39, 0.29) is 5.91 Å². The molecule has 5 heteroatoms. The summed E-state index contributed by atoms with van der Waals surface area (Å²) in [6.45, 7) is 0. The van der Waals surface area contributed by atoms with Gasteiger partial charge in [0.15, 0.2) is 0 Å². The Bertz CT molecular complexity index is 1230. The highest BCUT2D eigenvalue weighted by molar-refractivity contribution is 6.05. The second kappa shape index (κ2) is 8.39. The Kier molecular flexibility index (Phi) is 5.20. The van der Waals surface area contributed by atoms with Gasteiger partial charge in [0.2, 0.25) is 0 Å². The van der Waals surface area contributed by atoms with Crippen LogP contribution < -0.4 is 20.1 Å². The summed E-state index contributed by atoms with van der Waals surface area (Å²) in [4.78, 5) is 13.3. The molecule has 1 amide bonds. The summed E-state index contributed by atoms with van der Waals surface area (Å²) in [7, 11) is 3.21. The summed E-state index contributed by atoms with van der Waals surface area (Å²) in [5.41, 5.74) is 5.10. The molecule has 5 nitrogen and oxygen atoms in total. The standard InChI is InChI=1S/C29H30N2O3/c1-33-21-11-13-25(34-2)24(16-21)31-29(32)20-10-12-23-22(15-20)26-18-8-9-19(14-18)27(26)28(30-23)17-6-4-3-5-7-17/h3-7,10-13,15-16,18-19,26-28,30H,8-9,14H2,1-2H3,(H,31,32)/t18-,19+,26-,27+,28+/m1/s1. The molecule has 3 aliphatic rings. The Morgan fingerprint density at radius 1 is 0.941 bits per heavy atom. The second-order valence-corrected chi connectivity index (χ2v) is 9.79. The van der Waals surface area contributed by atoms with Crippen molar-refractivity contribution in [2.45, 2.75) is 31.2 Å². The minimum absolute atomic E-state index is 0.140. The molecule has 2 fully saturated rings. The van der Waals surface area contributed by atoms with E-state index in [1.54, 1.807) is 26.4 Å². The number of carbonyl (C=O) groups is 1. The van der Waals surface area contributed by atoms with Gasteiger partial charge in [-0.05, 0) is 84.4 Å². The number of fused-ring (bicyclic) bond motifs is 7. The van der Waals surface area contributed by atoms with Gasteiger partial charge in [-0.25, -0.2) is 0 Å². The highest BCUT2D eigenvalue weighted by Gasteiger charge is 2.53. The van der Waals surface area contributed by atoms with Gasteiger partial charge < -0.3 is 20.1 Å². The van der Waals surface area contributed by atoms with Crippen LogP contribution >= 0.6 is 0 Å². The number of hydrogen-bond acceptors (Lipinski definition) is 4. The van der Waals surface area contributed by atoms with Crippen LogP contribution in [0.25, 0.3) is 0 Å². The Hall–Kier alpha value is -3.47. The van der Waals surface area contributed by atoms with Gasteiger partial charge in [-0.1, -0.05) is 30.3 Å². The Morgan fingerprint density at radius 3 is 2.56 bits per heavy atom. The molecule has 0 saturated heterocycles. The fourth-order valence-corrected chi connectivity index (χ4v) is 6.72. The minimum Gasteiger partial charge on any atom is -0.497 e. The molecule has 0 radical (unpaired) electrons. The van der Waals surface area contributed by atoms with E-state index < -0.39 is 0 Å². The predicted octanol–water partition coefficient (Wildman–Crippen LogP) is 6.25. The lowest BCUT2D eigenvalue weighted by atomic mass is 9.68. The lowest BCUT2D eigenvalue weighted by Crippen LogP contribution is -2.35. The summed E-state index contributed by atoms with van der Waals surface area (Å²) in [6.07, 6.45) is 3.92. The van der Waals surface area contributed by atoms with Crippen LogP contribution in [-0.2, 0) is 0 Å². The van der Waals surface area contributed by atoms with Gasteiger partial charge in [0.05, 0.1) is 25.9 Å². The highest BCUT2D eigenvalue weighted by Crippen LogP contribution is 2.63. The minimum atomic E-state index is -0.140. The molecular weight excluding hydrogens is 424 g/mol. The number of ether oxygens (including phenoxy) is 2. The van der Waals surface area contributed by atoms with Crippen LogP contribution in [-0.4, -0.2) is 20.1 Å². The number of anilines is 2. The zero-order valence-corrected chi connectivity index (χ0v) is 19.6. The zero-order valence-electron chi connectivity index (χ0n) is 19.6. The number of nitrogens with one attached hydrogen (secondary N) is 2. The number of carbonyl (C=O) groups excluding carboxylic acids is 1. The third kappa shape index (κ3) is 3.42. The van der Waals surface area contributed by atoms with E-state index in [0.717, 1.165) is 11.6 Å². The first-order chi connectivity index (χ1) is 16.7. The van der Waals surface area contributed by atoms with Gasteiger partial charge in [-0.3, -0.25) is 4.79 Å². The van der Waals surface area contributed by atoms with Gasteiger partial charge in [-0.2, -0.15) is 0 Å². The van der Waals surface area contributed by atoms with Crippen LogP contribution in [0.1, 0.15) is 52.7 Å². The van der Waals surface area contributed by atoms with Gasteiger partial charge in [-0.15, -0.1) is 0 Å². The quantitative estimate of drug-likeness (QED) is 0.478. The van der Waals surface area contributed by atoms with Crippen molar-refractivity contribution in [1.29, 1.82) is 0 Å². The number of hydrogen-bond donors (Lipinski definition) is 2. The van der Waals surface area contributed by atoms with Crippen LogP contribution in [0, 0.1) is 17.8 Å². The van der Waals surface area contributed by atoms with Gasteiger partial charge in [0.1, 0.15) is 11.5 Å². The molecule has 0 unspecified atom stereocenters. The van der Waals surface area contributed by atoms with Crippen molar-refractivity contribution < 1.29 is 14.3 Å². The first kappa shape index (κ1) is 21.1. The van der Waals surface area contributed by atoms with Gasteiger partial charge >= 0.3 is 0 Å². The Labute approximate surface area is 200 Å². The maximum Gasteiger partial charge on any atom is 0.255 e. The number of rotatable bonds is 5. The van der Waals surface area contributed by atoms with E-state index in [4.69, 9.17) is 9.47 Å². The van der Waals surface area contributed by atoms with Crippen molar-refractivity contribution in [1.82, 2.24) is 0 Å². The van der Waals surface area contributed by atoms with Gasteiger partial charge in [0, 0.05) is 17.3 Å². The lowest BCUT2D eigenvalue weighted by Gasteiger charge is -2.43. The third-order valence-electron chi connectivity index (χ3n) is 8.16. The van der Waals surface area contributed by atoms with Crippen molar-refractivity contribution in [2.24, 2.45) is 17.8 Å². The SMILES string of the molecule is COc1ccc(OC)c(NC(=O)c2ccc3c(c2)[C@H]2[C@@H]4CC[C@@H](C4)[C@@H]2[C@H](c2ccccc2)N3)c1. The van der Waals surface area contributed by atoms with Crippen LogP contribution in [0.5, 0.6) is 11.5 Å². The molecule has 1 aliphatic heterocycles. The molecule has 6 rings (SSSR count). The molecule has 2 bridgehead atoms. The molecule has 174 valence electrons. The molecule has 5 atom stereocenters. The van der Waals surface area contributed by atoms with Gasteiger partial charge in [0.25, 0.3) is 5.91 Å². The molecule has 0 aromatic heterocycles. The maximum atomic E-state index is 13.3. The fraction of sp³-hybridized carbons (Fsp3) is 0.345. The van der Waals surface area contributed by atoms with Crippen molar-refractivity contribution in [3.63, 3.8) is 0 Å². The largest absolute Gasteiger partial charge is 0.497 e. The third-order valence-corrected chi connectivity index (χ3v) is 8.16. The summed E-state index contributed by atoms with van der Waals surface area (Å²) < 4.78 is 10.8. The van der Waals surface area contributed by atoms with Crippen LogP contribution in [0.15, 0.2) is 66.7 Å². The van der Waals surface area contributed by atoms with Crippen molar-refractivity contribution >= 4 is 17.3 Å². The first-order valence-electron chi connectivity index (χ1n) is 12.1. The van der Waals surface area contributed by atoms with Crippen LogP contribution in [0.3, 0.4) is 0 Å². The molecule has 2 aliphatic carbocycles. The van der Waals surface area contributed by atoms with E-state index in [1.165, 1.54) is 30.4 Å². The maximum absolute atomic E-state index is 13.3. The monoisotopic (exact) mass is 454 g/mol. The molecule has 2 saturated carbocycles. The fourth-order valence-electron chi connectivity index (χ4n) is 6.72. The summed E-state index contributed by atoms with van der Waals surface area (Å²) >= 11 is 0. The molecule has 2 N–H and O–H groups in total. The molecule has 0 spiro atoms. The second-order valence-electron chi connectivity index (χ2n) is 9.79. The normalized spacial score (nSPS) is 26.2. The van der Waals surface area contributed by atoms with E-state index in [1.807, 2.05) is 12.1 Å². The predicted molar refractivity (Wildman–Crippen MR) is 134 cm³/mol. The Balaban J connectivity index is 1.33. The van der Waals surface area contributed by atoms with Crippen molar-refractivity contribution in [2.75, 3.05) is 24.9 Å². The number of benzene rings is 3. The topological polar surface area (TPSA) is 59.6 Å². The number of amides is 1. The van der Waals surface area contributed by atoms with E-state index in [2.05, 4.69) is 53.1 Å². The van der Waals surface area contributed by atoms with Crippen LogP contribution in [0.2, 0.25) is 0 Å².